The molecule has 0 aromatic heterocycles. The number of fused-ring (bicyclic) bond motifs is 3. The molecule has 0 spiro atoms. The van der Waals surface area contributed by atoms with Crippen molar-refractivity contribution in [2.45, 2.75) is 64.1 Å². The van der Waals surface area contributed by atoms with Crippen LogP contribution in [0.3, 0.4) is 0 Å². The highest BCUT2D eigenvalue weighted by Gasteiger charge is 2.42. The standard InChI is InChI=1S/C16H24O/c1-11(2)16-14-9-4-3-7-12(14)13-8-5-6-10-15(13)17-16/h7,13-16H,1,3-6,8-10H2,2H3/t13-,14+,15-,16+/m0/s1. The molecule has 1 aliphatic heterocycles. The Morgan fingerprint density at radius 3 is 2.76 bits per heavy atom. The fourth-order valence-corrected chi connectivity index (χ4v) is 4.06. The highest BCUT2D eigenvalue weighted by atomic mass is 16.5. The molecule has 4 atom stereocenters. The minimum absolute atomic E-state index is 0.306. The van der Waals surface area contributed by atoms with Gasteiger partial charge in [0.2, 0.25) is 0 Å². The van der Waals surface area contributed by atoms with Crippen molar-refractivity contribution in [1.82, 2.24) is 0 Å². The summed E-state index contributed by atoms with van der Waals surface area (Å²) >= 11 is 0. The fraction of sp³-hybridized carbons (Fsp3) is 0.750. The Morgan fingerprint density at radius 1 is 1.18 bits per heavy atom. The molecule has 0 aromatic carbocycles. The average Bonchev–Trinajstić information content (AvgIpc) is 2.37. The van der Waals surface area contributed by atoms with Crippen LogP contribution < -0.4 is 0 Å². The first-order valence-electron chi connectivity index (χ1n) is 7.28. The third-order valence-electron chi connectivity index (χ3n) is 4.83. The molecule has 1 heterocycles. The van der Waals surface area contributed by atoms with E-state index in [1.165, 1.54) is 50.5 Å². The summed E-state index contributed by atoms with van der Waals surface area (Å²) in [6.45, 7) is 6.29. The maximum Gasteiger partial charge on any atom is 0.0849 e. The number of rotatable bonds is 1. The van der Waals surface area contributed by atoms with Gasteiger partial charge in [-0.25, -0.2) is 0 Å². The van der Waals surface area contributed by atoms with Gasteiger partial charge in [0.1, 0.15) is 0 Å². The maximum absolute atomic E-state index is 6.38. The smallest absolute Gasteiger partial charge is 0.0849 e. The number of hydrogen-bond acceptors (Lipinski definition) is 1. The van der Waals surface area contributed by atoms with E-state index in [0.717, 1.165) is 5.92 Å². The van der Waals surface area contributed by atoms with E-state index >= 15 is 0 Å². The third-order valence-corrected chi connectivity index (χ3v) is 4.83. The predicted octanol–water partition coefficient (Wildman–Crippen LogP) is 4.25. The third kappa shape index (κ3) is 1.99. The second-order valence-electron chi connectivity index (χ2n) is 6.07. The highest BCUT2D eigenvalue weighted by molar-refractivity contribution is 5.24. The Bertz CT molecular complexity index is 341. The van der Waals surface area contributed by atoms with Crippen LogP contribution >= 0.6 is 0 Å². The van der Waals surface area contributed by atoms with Crippen LogP contribution in [0.1, 0.15) is 51.9 Å². The van der Waals surface area contributed by atoms with Gasteiger partial charge >= 0.3 is 0 Å². The van der Waals surface area contributed by atoms with E-state index in [0.29, 0.717) is 18.1 Å². The number of hydrogen-bond donors (Lipinski definition) is 0. The molecule has 94 valence electrons. The molecule has 0 bridgehead atoms. The van der Waals surface area contributed by atoms with E-state index in [-0.39, 0.29) is 0 Å². The molecular weight excluding hydrogens is 208 g/mol. The topological polar surface area (TPSA) is 9.23 Å². The lowest BCUT2D eigenvalue weighted by molar-refractivity contribution is -0.0871. The Morgan fingerprint density at radius 2 is 1.94 bits per heavy atom. The van der Waals surface area contributed by atoms with Crippen LogP contribution in [0.15, 0.2) is 23.8 Å². The minimum atomic E-state index is 0.306. The predicted molar refractivity (Wildman–Crippen MR) is 70.9 cm³/mol. The zero-order valence-electron chi connectivity index (χ0n) is 11.0. The highest BCUT2D eigenvalue weighted by Crippen LogP contribution is 2.47. The van der Waals surface area contributed by atoms with Crippen molar-refractivity contribution < 1.29 is 4.74 Å². The molecule has 0 amide bonds. The van der Waals surface area contributed by atoms with Crippen molar-refractivity contribution in [2.75, 3.05) is 0 Å². The Balaban J connectivity index is 1.90. The summed E-state index contributed by atoms with van der Waals surface area (Å²) in [7, 11) is 0. The Hall–Kier alpha value is -0.560. The Kier molecular flexibility index (Phi) is 3.12. The maximum atomic E-state index is 6.38. The molecule has 1 saturated heterocycles. The van der Waals surface area contributed by atoms with Crippen LogP contribution in [0.25, 0.3) is 0 Å². The lowest BCUT2D eigenvalue weighted by Gasteiger charge is -2.47. The molecule has 2 aliphatic carbocycles. The second-order valence-corrected chi connectivity index (χ2v) is 6.07. The summed E-state index contributed by atoms with van der Waals surface area (Å²) in [5.74, 6) is 1.39. The molecule has 3 rings (SSSR count). The normalized spacial score (nSPS) is 41.1. The average molecular weight is 232 g/mol. The Labute approximate surface area is 105 Å². The van der Waals surface area contributed by atoms with Crippen LogP contribution in [-0.2, 0) is 4.74 Å². The van der Waals surface area contributed by atoms with Crippen LogP contribution in [0, 0.1) is 11.8 Å². The molecule has 3 aliphatic rings. The van der Waals surface area contributed by atoms with E-state index in [9.17, 15) is 0 Å². The molecule has 0 radical (unpaired) electrons. The summed E-state index contributed by atoms with van der Waals surface area (Å²) in [6, 6.07) is 0. The summed E-state index contributed by atoms with van der Waals surface area (Å²) in [5.41, 5.74) is 2.96. The van der Waals surface area contributed by atoms with E-state index in [1.807, 2.05) is 0 Å². The van der Waals surface area contributed by atoms with E-state index in [2.05, 4.69) is 19.6 Å². The van der Waals surface area contributed by atoms with Crippen molar-refractivity contribution in [3.63, 3.8) is 0 Å². The van der Waals surface area contributed by atoms with Crippen LogP contribution in [-0.4, -0.2) is 12.2 Å². The SMILES string of the molecule is C=C(C)[C@H]1O[C@H]2CCCC[C@H]2C2=CCCC[C@H]21. The first kappa shape index (κ1) is 11.5. The molecule has 1 heteroatoms. The van der Waals surface area contributed by atoms with Gasteiger partial charge in [-0.3, -0.25) is 0 Å². The largest absolute Gasteiger partial charge is 0.369 e. The molecule has 17 heavy (non-hydrogen) atoms. The zero-order chi connectivity index (χ0) is 11.8. The molecular formula is C16H24O. The first-order chi connectivity index (χ1) is 8.27. The van der Waals surface area contributed by atoms with Crippen molar-refractivity contribution in [2.24, 2.45) is 11.8 Å². The first-order valence-corrected chi connectivity index (χ1v) is 7.28. The van der Waals surface area contributed by atoms with Crippen LogP contribution in [0.5, 0.6) is 0 Å². The molecule has 1 saturated carbocycles. The van der Waals surface area contributed by atoms with E-state index in [4.69, 9.17) is 4.74 Å². The van der Waals surface area contributed by atoms with Crippen molar-refractivity contribution in [1.29, 1.82) is 0 Å². The van der Waals surface area contributed by atoms with Crippen LogP contribution in [0.2, 0.25) is 0 Å². The van der Waals surface area contributed by atoms with Gasteiger partial charge in [0.15, 0.2) is 0 Å². The van der Waals surface area contributed by atoms with Gasteiger partial charge in [-0.05, 0) is 39.0 Å². The quantitative estimate of drug-likeness (QED) is 0.614. The summed E-state index contributed by atoms with van der Waals surface area (Å²) in [5, 5.41) is 0. The van der Waals surface area contributed by atoms with Crippen molar-refractivity contribution in [3.05, 3.63) is 23.8 Å². The van der Waals surface area contributed by atoms with Gasteiger partial charge < -0.3 is 4.74 Å². The van der Waals surface area contributed by atoms with Gasteiger partial charge in [0.25, 0.3) is 0 Å². The van der Waals surface area contributed by atoms with Gasteiger partial charge in [-0.1, -0.05) is 36.6 Å². The molecule has 0 N–H and O–H groups in total. The van der Waals surface area contributed by atoms with Gasteiger partial charge in [0.05, 0.1) is 12.2 Å². The summed E-state index contributed by atoms with van der Waals surface area (Å²) in [4.78, 5) is 0. The number of allylic oxidation sites excluding steroid dienone is 1. The summed E-state index contributed by atoms with van der Waals surface area (Å²) in [6.07, 6.45) is 12.6. The van der Waals surface area contributed by atoms with Crippen molar-refractivity contribution in [3.8, 4) is 0 Å². The van der Waals surface area contributed by atoms with Gasteiger partial charge in [-0.15, -0.1) is 0 Å². The van der Waals surface area contributed by atoms with E-state index < -0.39 is 0 Å². The van der Waals surface area contributed by atoms with Crippen LogP contribution in [0.4, 0.5) is 0 Å². The zero-order valence-corrected chi connectivity index (χ0v) is 11.0. The second kappa shape index (κ2) is 4.61. The molecule has 1 nitrogen and oxygen atoms in total. The molecule has 0 unspecified atom stereocenters. The lowest BCUT2D eigenvalue weighted by atomic mass is 9.68. The van der Waals surface area contributed by atoms with Crippen molar-refractivity contribution >= 4 is 0 Å². The van der Waals surface area contributed by atoms with Gasteiger partial charge in [0, 0.05) is 11.8 Å². The summed E-state index contributed by atoms with van der Waals surface area (Å²) < 4.78 is 6.38. The fourth-order valence-electron chi connectivity index (χ4n) is 4.06. The molecule has 0 aromatic rings. The minimum Gasteiger partial charge on any atom is -0.369 e. The van der Waals surface area contributed by atoms with E-state index in [1.54, 1.807) is 5.57 Å². The monoisotopic (exact) mass is 232 g/mol. The van der Waals surface area contributed by atoms with Gasteiger partial charge in [-0.2, -0.15) is 0 Å². The number of ether oxygens (including phenoxy) is 1. The lowest BCUT2D eigenvalue weighted by Crippen LogP contribution is -2.45. The molecule has 2 fully saturated rings.